The minimum Gasteiger partial charge on any atom is -0.496 e. The van der Waals surface area contributed by atoms with Crippen LogP contribution in [0.5, 0.6) is 0 Å². The van der Waals surface area contributed by atoms with E-state index in [1.165, 1.54) is 7.11 Å². The van der Waals surface area contributed by atoms with E-state index in [-0.39, 0.29) is 5.69 Å². The summed E-state index contributed by atoms with van der Waals surface area (Å²) in [6, 6.07) is 0. The lowest BCUT2D eigenvalue weighted by Gasteiger charge is -2.08. The van der Waals surface area contributed by atoms with Gasteiger partial charge in [0.15, 0.2) is 17.9 Å². The number of nitrogens with one attached hydrogen (secondary N) is 1. The Labute approximate surface area is 174 Å². The average Bonchev–Trinajstić information content (AvgIpc) is 2.99. The maximum atomic E-state index is 12.5. The third-order valence-electron chi connectivity index (χ3n) is 4.83. The van der Waals surface area contributed by atoms with Crippen LogP contribution in [0, 0.1) is 0 Å². The van der Waals surface area contributed by atoms with Crippen molar-refractivity contribution < 1.29 is 9.53 Å². The molecular formula is C23H24N4O3. The SMILES string of the molecule is C=Nc1[nH]c(=O)n(CC2=CC=CCC=C2)c1/N=C(\C)C1=CC=C(OC)C(C=O)=CC1. The summed E-state index contributed by atoms with van der Waals surface area (Å²) >= 11 is 0. The fourth-order valence-electron chi connectivity index (χ4n) is 3.18. The van der Waals surface area contributed by atoms with Crippen molar-refractivity contribution in [3.63, 3.8) is 0 Å². The van der Waals surface area contributed by atoms with Crippen LogP contribution in [0.1, 0.15) is 19.8 Å². The molecule has 30 heavy (non-hydrogen) atoms. The monoisotopic (exact) mass is 404 g/mol. The molecule has 1 aromatic heterocycles. The van der Waals surface area contributed by atoms with E-state index in [1.807, 2.05) is 43.4 Å². The molecule has 3 rings (SSSR count). The number of imidazole rings is 1. The largest absolute Gasteiger partial charge is 0.496 e. The van der Waals surface area contributed by atoms with E-state index < -0.39 is 0 Å². The zero-order chi connectivity index (χ0) is 21.5. The van der Waals surface area contributed by atoms with Crippen molar-refractivity contribution >= 4 is 30.4 Å². The van der Waals surface area contributed by atoms with Gasteiger partial charge in [-0.25, -0.2) is 14.8 Å². The highest BCUT2D eigenvalue weighted by Gasteiger charge is 2.16. The molecule has 0 spiro atoms. The molecule has 2 aliphatic rings. The number of aromatic nitrogens is 2. The van der Waals surface area contributed by atoms with Gasteiger partial charge in [-0.2, -0.15) is 0 Å². The first-order chi connectivity index (χ1) is 14.6. The first-order valence-corrected chi connectivity index (χ1v) is 9.55. The van der Waals surface area contributed by atoms with Crippen molar-refractivity contribution in [1.29, 1.82) is 0 Å². The highest BCUT2D eigenvalue weighted by Crippen LogP contribution is 2.27. The zero-order valence-electron chi connectivity index (χ0n) is 17.1. The predicted molar refractivity (Wildman–Crippen MR) is 120 cm³/mol. The van der Waals surface area contributed by atoms with Gasteiger partial charge in [-0.05, 0) is 43.7 Å². The van der Waals surface area contributed by atoms with Gasteiger partial charge >= 0.3 is 5.69 Å². The Morgan fingerprint density at radius 3 is 2.90 bits per heavy atom. The zero-order valence-corrected chi connectivity index (χ0v) is 17.1. The number of aldehydes is 1. The number of carbonyl (C=O) groups is 1. The quantitative estimate of drug-likeness (QED) is 0.550. The summed E-state index contributed by atoms with van der Waals surface area (Å²) in [4.78, 5) is 35.2. The summed E-state index contributed by atoms with van der Waals surface area (Å²) in [6.45, 7) is 5.77. The molecule has 1 aromatic rings. The maximum Gasteiger partial charge on any atom is 0.329 e. The fourth-order valence-corrected chi connectivity index (χ4v) is 3.18. The van der Waals surface area contributed by atoms with Crippen LogP contribution >= 0.6 is 0 Å². The van der Waals surface area contributed by atoms with Gasteiger partial charge in [-0.15, -0.1) is 0 Å². The third kappa shape index (κ3) is 4.63. The minimum atomic E-state index is -0.300. The Morgan fingerprint density at radius 2 is 2.17 bits per heavy atom. The molecule has 154 valence electrons. The van der Waals surface area contributed by atoms with Crippen LogP contribution in [0.4, 0.5) is 11.6 Å². The van der Waals surface area contributed by atoms with Gasteiger partial charge in [0.1, 0.15) is 5.76 Å². The maximum absolute atomic E-state index is 12.5. The second kappa shape index (κ2) is 9.65. The Kier molecular flexibility index (Phi) is 6.75. The Morgan fingerprint density at radius 1 is 1.33 bits per heavy atom. The fraction of sp³-hybridized carbons (Fsp3) is 0.217. The molecule has 1 N–H and O–H groups in total. The van der Waals surface area contributed by atoms with Crippen LogP contribution in [0.15, 0.2) is 85.9 Å². The van der Waals surface area contributed by atoms with Crippen molar-refractivity contribution in [1.82, 2.24) is 9.55 Å². The molecule has 0 saturated heterocycles. The lowest BCUT2D eigenvalue weighted by molar-refractivity contribution is -0.105. The summed E-state index contributed by atoms with van der Waals surface area (Å²) in [7, 11) is 1.52. The number of H-pyrrole nitrogens is 1. The standard InChI is InChI=1S/C23H24N4O3/c1-16(18-10-11-19(15-28)20(30-3)13-12-18)25-22-21(24-2)26-23(29)27(22)14-17-8-6-4-5-7-9-17/h4,6-9,11-13,15H,2,5,10,14H2,1,3H3,(H,26,29)/b25-16+. The van der Waals surface area contributed by atoms with Crippen LogP contribution in [0.2, 0.25) is 0 Å². The highest BCUT2D eigenvalue weighted by molar-refractivity contribution is 6.01. The molecular weight excluding hydrogens is 380 g/mol. The number of hydrogen-bond acceptors (Lipinski definition) is 5. The average molecular weight is 404 g/mol. The topological polar surface area (TPSA) is 88.8 Å². The van der Waals surface area contributed by atoms with Crippen molar-refractivity contribution in [2.24, 2.45) is 9.98 Å². The van der Waals surface area contributed by atoms with Gasteiger partial charge in [-0.3, -0.25) is 14.3 Å². The van der Waals surface area contributed by atoms with E-state index in [4.69, 9.17) is 9.73 Å². The summed E-state index contributed by atoms with van der Waals surface area (Å²) in [5.41, 5.74) is 2.77. The minimum absolute atomic E-state index is 0.300. The molecule has 0 aliphatic heterocycles. The van der Waals surface area contributed by atoms with Gasteiger partial charge in [0.2, 0.25) is 0 Å². The predicted octanol–water partition coefficient (Wildman–Crippen LogP) is 4.03. The number of rotatable bonds is 7. The lowest BCUT2D eigenvalue weighted by Crippen LogP contribution is -2.17. The van der Waals surface area contributed by atoms with Crippen LogP contribution in [0.25, 0.3) is 0 Å². The number of aromatic amines is 1. The number of carbonyl (C=O) groups excluding carboxylic acids is 1. The number of allylic oxidation sites excluding steroid dienone is 11. The van der Waals surface area contributed by atoms with Gasteiger partial charge in [0.05, 0.1) is 19.2 Å². The van der Waals surface area contributed by atoms with E-state index >= 15 is 0 Å². The van der Waals surface area contributed by atoms with Crippen molar-refractivity contribution in [3.8, 4) is 0 Å². The smallest absolute Gasteiger partial charge is 0.329 e. The molecule has 2 aliphatic carbocycles. The number of ether oxygens (including phenoxy) is 1. The highest BCUT2D eigenvalue weighted by atomic mass is 16.5. The van der Waals surface area contributed by atoms with Crippen molar-refractivity contribution in [2.45, 2.75) is 26.3 Å². The van der Waals surface area contributed by atoms with Crippen LogP contribution in [-0.2, 0) is 16.1 Å². The second-order valence-corrected chi connectivity index (χ2v) is 6.76. The summed E-state index contributed by atoms with van der Waals surface area (Å²) < 4.78 is 6.80. The molecule has 0 aromatic carbocycles. The number of aliphatic imine (C=N–C) groups is 2. The first-order valence-electron chi connectivity index (χ1n) is 9.55. The molecule has 7 nitrogen and oxygen atoms in total. The van der Waals surface area contributed by atoms with E-state index in [2.05, 4.69) is 16.7 Å². The van der Waals surface area contributed by atoms with Gasteiger partial charge in [-0.1, -0.05) is 42.5 Å². The van der Waals surface area contributed by atoms with Crippen LogP contribution in [0.3, 0.4) is 0 Å². The first kappa shape index (κ1) is 21.0. The van der Waals surface area contributed by atoms with E-state index in [0.717, 1.165) is 23.9 Å². The van der Waals surface area contributed by atoms with Gasteiger partial charge < -0.3 is 4.74 Å². The van der Waals surface area contributed by atoms with Gasteiger partial charge in [0, 0.05) is 5.71 Å². The molecule has 0 unspecified atom stereocenters. The van der Waals surface area contributed by atoms with Gasteiger partial charge in [0.25, 0.3) is 0 Å². The number of nitrogens with zero attached hydrogens (tertiary/aromatic N) is 3. The van der Waals surface area contributed by atoms with Crippen molar-refractivity contribution in [3.05, 3.63) is 81.6 Å². The third-order valence-corrected chi connectivity index (χ3v) is 4.83. The molecule has 0 atom stereocenters. The Balaban J connectivity index is 2.00. The lowest BCUT2D eigenvalue weighted by atomic mass is 10.1. The normalized spacial score (nSPS) is 16.7. The molecule has 0 fully saturated rings. The van der Waals surface area contributed by atoms with E-state index in [9.17, 15) is 9.59 Å². The second-order valence-electron chi connectivity index (χ2n) is 6.76. The summed E-state index contributed by atoms with van der Waals surface area (Å²) in [5, 5.41) is 0. The molecule has 0 saturated carbocycles. The van der Waals surface area contributed by atoms with Crippen LogP contribution < -0.4 is 5.69 Å². The number of methoxy groups -OCH3 is 1. The molecule has 0 bridgehead atoms. The Bertz CT molecular complexity index is 1120. The van der Waals surface area contributed by atoms with Crippen LogP contribution in [-0.4, -0.2) is 35.4 Å². The van der Waals surface area contributed by atoms with E-state index in [0.29, 0.717) is 41.6 Å². The Hall–Kier alpha value is -3.74. The summed E-state index contributed by atoms with van der Waals surface area (Å²) in [5.74, 6) is 1.23. The molecule has 1 heterocycles. The summed E-state index contributed by atoms with van der Waals surface area (Å²) in [6.07, 6.45) is 17.6. The molecule has 0 amide bonds. The number of hydrogen-bond donors (Lipinski definition) is 1. The van der Waals surface area contributed by atoms with E-state index in [1.54, 1.807) is 16.7 Å². The molecule has 0 radical (unpaired) electrons. The molecule has 7 heteroatoms. The van der Waals surface area contributed by atoms with Crippen molar-refractivity contribution in [2.75, 3.05) is 7.11 Å².